The summed E-state index contributed by atoms with van der Waals surface area (Å²) in [7, 11) is 0. The first-order valence-electron chi connectivity index (χ1n) is 8.64. The topological polar surface area (TPSA) is 61.6 Å². The Balaban J connectivity index is 1.57. The number of carbonyl (C=O) groups excluding carboxylic acids is 1. The lowest BCUT2D eigenvalue weighted by molar-refractivity contribution is -0.137. The van der Waals surface area contributed by atoms with E-state index in [1.54, 1.807) is 26.0 Å². The Labute approximate surface area is 154 Å². The van der Waals surface area contributed by atoms with Crippen molar-refractivity contribution in [3.8, 4) is 0 Å². The third-order valence-electron chi connectivity index (χ3n) is 4.66. The summed E-state index contributed by atoms with van der Waals surface area (Å²) in [6.07, 6.45) is -4.36. The lowest BCUT2D eigenvalue weighted by Crippen LogP contribution is -2.52. The van der Waals surface area contributed by atoms with E-state index in [1.807, 2.05) is 9.80 Å². The maximum Gasteiger partial charge on any atom is 0.416 e. The fraction of sp³-hybridized carbons (Fsp3) is 0.444. The standard InChI is InChI=1S/C18H21F3N4O2/c1-12-10-16(23-27-12)22-17(26)13(2)24-6-8-25(9-7-24)15-5-3-4-14(11-15)18(19,20)21/h3-5,10-11,13H,6-9H2,1-2H3,(H,22,23,26)/t13-/m1/s1. The van der Waals surface area contributed by atoms with Crippen LogP contribution in [-0.4, -0.2) is 48.2 Å². The predicted molar refractivity (Wildman–Crippen MR) is 94.6 cm³/mol. The summed E-state index contributed by atoms with van der Waals surface area (Å²) in [5, 5.41) is 6.44. The van der Waals surface area contributed by atoms with E-state index < -0.39 is 11.7 Å². The Bertz CT molecular complexity index is 798. The molecule has 1 aromatic carbocycles. The SMILES string of the molecule is Cc1cc(NC(=O)[C@@H](C)N2CCN(c3cccc(C(F)(F)F)c3)CC2)no1. The molecule has 1 atom stereocenters. The minimum atomic E-state index is -4.36. The van der Waals surface area contributed by atoms with Crippen molar-refractivity contribution in [2.45, 2.75) is 26.1 Å². The van der Waals surface area contributed by atoms with Crippen LogP contribution in [0.5, 0.6) is 0 Å². The third kappa shape index (κ3) is 4.60. The second-order valence-corrected chi connectivity index (χ2v) is 6.56. The normalized spacial score (nSPS) is 17.0. The first-order valence-corrected chi connectivity index (χ1v) is 8.64. The van der Waals surface area contributed by atoms with Gasteiger partial charge in [0.25, 0.3) is 0 Å². The van der Waals surface area contributed by atoms with Gasteiger partial charge in [-0.15, -0.1) is 0 Å². The molecule has 2 aromatic rings. The molecule has 0 unspecified atom stereocenters. The van der Waals surface area contributed by atoms with E-state index in [0.717, 1.165) is 6.07 Å². The second kappa shape index (κ2) is 7.59. The zero-order valence-electron chi connectivity index (χ0n) is 15.1. The number of benzene rings is 1. The summed E-state index contributed by atoms with van der Waals surface area (Å²) in [4.78, 5) is 16.2. The molecule has 0 saturated carbocycles. The van der Waals surface area contributed by atoms with Crippen LogP contribution in [0, 0.1) is 6.92 Å². The lowest BCUT2D eigenvalue weighted by atomic mass is 10.1. The number of piperazine rings is 1. The number of aromatic nitrogens is 1. The van der Waals surface area contributed by atoms with Crippen LogP contribution in [0.15, 0.2) is 34.9 Å². The van der Waals surface area contributed by atoms with Crippen molar-refractivity contribution in [1.82, 2.24) is 10.1 Å². The molecule has 1 aliphatic rings. The summed E-state index contributed by atoms with van der Waals surface area (Å²) in [5.41, 5.74) is -0.113. The van der Waals surface area contributed by atoms with Gasteiger partial charge in [-0.25, -0.2) is 0 Å². The first kappa shape index (κ1) is 19.2. The largest absolute Gasteiger partial charge is 0.416 e. The Morgan fingerprint density at radius 3 is 2.52 bits per heavy atom. The van der Waals surface area contributed by atoms with Crippen LogP contribution in [0.3, 0.4) is 0 Å². The summed E-state index contributed by atoms with van der Waals surface area (Å²) in [6, 6.07) is 6.58. The van der Waals surface area contributed by atoms with Crippen LogP contribution in [-0.2, 0) is 11.0 Å². The van der Waals surface area contributed by atoms with E-state index >= 15 is 0 Å². The fourth-order valence-electron chi connectivity index (χ4n) is 3.07. The van der Waals surface area contributed by atoms with Crippen molar-refractivity contribution in [1.29, 1.82) is 0 Å². The minimum Gasteiger partial charge on any atom is -0.369 e. The van der Waals surface area contributed by atoms with Gasteiger partial charge in [0, 0.05) is 37.9 Å². The van der Waals surface area contributed by atoms with E-state index in [2.05, 4.69) is 10.5 Å². The molecule has 1 amide bonds. The highest BCUT2D eigenvalue weighted by atomic mass is 19.4. The number of hydrogen-bond acceptors (Lipinski definition) is 5. The Morgan fingerprint density at radius 2 is 1.93 bits per heavy atom. The Kier molecular flexibility index (Phi) is 5.41. The van der Waals surface area contributed by atoms with Gasteiger partial charge in [-0.2, -0.15) is 13.2 Å². The van der Waals surface area contributed by atoms with Crippen LogP contribution in [0.25, 0.3) is 0 Å². The number of carbonyl (C=O) groups is 1. The number of nitrogens with one attached hydrogen (secondary N) is 1. The molecule has 1 saturated heterocycles. The summed E-state index contributed by atoms with van der Waals surface area (Å²) >= 11 is 0. The monoisotopic (exact) mass is 382 g/mol. The smallest absolute Gasteiger partial charge is 0.369 e. The number of aryl methyl sites for hydroxylation is 1. The highest BCUT2D eigenvalue weighted by Gasteiger charge is 2.31. The van der Waals surface area contributed by atoms with Crippen LogP contribution < -0.4 is 10.2 Å². The van der Waals surface area contributed by atoms with Gasteiger partial charge in [-0.05, 0) is 32.0 Å². The molecule has 1 aliphatic heterocycles. The van der Waals surface area contributed by atoms with E-state index in [0.29, 0.717) is 43.4 Å². The summed E-state index contributed by atoms with van der Waals surface area (Å²) in [5.74, 6) is 0.774. The molecule has 0 aliphatic carbocycles. The molecule has 1 fully saturated rings. The third-order valence-corrected chi connectivity index (χ3v) is 4.66. The Morgan fingerprint density at radius 1 is 1.22 bits per heavy atom. The van der Waals surface area contributed by atoms with Crippen molar-refractivity contribution >= 4 is 17.4 Å². The molecule has 6 nitrogen and oxygen atoms in total. The van der Waals surface area contributed by atoms with Crippen LogP contribution >= 0.6 is 0 Å². The first-order chi connectivity index (χ1) is 12.7. The average Bonchev–Trinajstić information content (AvgIpc) is 3.05. The second-order valence-electron chi connectivity index (χ2n) is 6.56. The molecule has 1 N–H and O–H groups in total. The molecular weight excluding hydrogens is 361 g/mol. The molecule has 27 heavy (non-hydrogen) atoms. The van der Waals surface area contributed by atoms with E-state index in [4.69, 9.17) is 4.52 Å². The molecular formula is C18H21F3N4O2. The highest BCUT2D eigenvalue weighted by molar-refractivity contribution is 5.93. The minimum absolute atomic E-state index is 0.198. The number of amides is 1. The predicted octanol–water partition coefficient (Wildman–Crippen LogP) is 3.15. The van der Waals surface area contributed by atoms with Gasteiger partial charge in [0.2, 0.25) is 5.91 Å². The van der Waals surface area contributed by atoms with Crippen LogP contribution in [0.4, 0.5) is 24.7 Å². The van der Waals surface area contributed by atoms with Crippen molar-refractivity contribution in [2.75, 3.05) is 36.4 Å². The number of nitrogens with zero attached hydrogens (tertiary/aromatic N) is 3. The number of hydrogen-bond donors (Lipinski definition) is 1. The number of alkyl halides is 3. The van der Waals surface area contributed by atoms with Gasteiger partial charge in [0.15, 0.2) is 5.82 Å². The summed E-state index contributed by atoms with van der Waals surface area (Å²) in [6.45, 7) is 5.76. The average molecular weight is 382 g/mol. The molecule has 0 bridgehead atoms. The van der Waals surface area contributed by atoms with Gasteiger partial charge >= 0.3 is 6.18 Å². The lowest BCUT2D eigenvalue weighted by Gasteiger charge is -2.38. The highest BCUT2D eigenvalue weighted by Crippen LogP contribution is 2.32. The number of rotatable bonds is 4. The zero-order chi connectivity index (χ0) is 19.6. The Hall–Kier alpha value is -2.55. The van der Waals surface area contributed by atoms with Crippen molar-refractivity contribution in [3.05, 3.63) is 41.7 Å². The van der Waals surface area contributed by atoms with Gasteiger partial charge in [-0.3, -0.25) is 9.69 Å². The van der Waals surface area contributed by atoms with Crippen LogP contribution in [0.2, 0.25) is 0 Å². The van der Waals surface area contributed by atoms with E-state index in [1.165, 1.54) is 12.1 Å². The fourth-order valence-corrected chi connectivity index (χ4v) is 3.07. The molecule has 1 aromatic heterocycles. The van der Waals surface area contributed by atoms with Gasteiger partial charge in [-0.1, -0.05) is 11.2 Å². The molecule has 146 valence electrons. The number of anilines is 2. The van der Waals surface area contributed by atoms with Crippen LogP contribution in [0.1, 0.15) is 18.2 Å². The molecule has 0 radical (unpaired) electrons. The molecule has 3 rings (SSSR count). The number of halogens is 3. The summed E-state index contributed by atoms with van der Waals surface area (Å²) < 4.78 is 43.6. The molecule has 0 spiro atoms. The quantitative estimate of drug-likeness (QED) is 0.880. The van der Waals surface area contributed by atoms with Crippen molar-refractivity contribution in [3.63, 3.8) is 0 Å². The van der Waals surface area contributed by atoms with E-state index in [9.17, 15) is 18.0 Å². The van der Waals surface area contributed by atoms with Gasteiger partial charge < -0.3 is 14.7 Å². The van der Waals surface area contributed by atoms with Gasteiger partial charge in [0.1, 0.15) is 5.76 Å². The van der Waals surface area contributed by atoms with Gasteiger partial charge in [0.05, 0.1) is 11.6 Å². The van der Waals surface area contributed by atoms with E-state index in [-0.39, 0.29) is 11.9 Å². The van der Waals surface area contributed by atoms with Crippen molar-refractivity contribution in [2.24, 2.45) is 0 Å². The van der Waals surface area contributed by atoms with Crippen molar-refractivity contribution < 1.29 is 22.5 Å². The molecule has 9 heteroatoms. The maximum absolute atomic E-state index is 12.9. The maximum atomic E-state index is 12.9. The zero-order valence-corrected chi connectivity index (χ0v) is 15.1. The molecule has 2 heterocycles.